The van der Waals surface area contributed by atoms with E-state index in [1.165, 1.54) is 11.8 Å². The molecule has 0 spiro atoms. The van der Waals surface area contributed by atoms with Gasteiger partial charge in [-0.3, -0.25) is 9.59 Å². The van der Waals surface area contributed by atoms with Gasteiger partial charge in [-0.15, -0.1) is 0 Å². The summed E-state index contributed by atoms with van der Waals surface area (Å²) in [5, 5.41) is 5.46. The van der Waals surface area contributed by atoms with Gasteiger partial charge < -0.3 is 10.6 Å². The predicted molar refractivity (Wildman–Crippen MR) is 76.4 cm³/mol. The summed E-state index contributed by atoms with van der Waals surface area (Å²) in [6.45, 7) is 1.80. The standard InChI is InChI=1S/C12H15ClN2O2S/c1-7(18-3)11(16)15-10-6-8(12(17)14-2)4-5-9(10)13/h4-7H,1-3H3,(H,14,17)(H,15,16). The van der Waals surface area contributed by atoms with Crippen molar-refractivity contribution in [1.82, 2.24) is 5.32 Å². The van der Waals surface area contributed by atoms with Gasteiger partial charge in [0, 0.05) is 12.6 Å². The van der Waals surface area contributed by atoms with Crippen LogP contribution in [-0.4, -0.2) is 30.4 Å². The summed E-state index contributed by atoms with van der Waals surface area (Å²) in [7, 11) is 1.55. The Morgan fingerprint density at radius 3 is 2.61 bits per heavy atom. The normalized spacial score (nSPS) is 11.8. The lowest BCUT2D eigenvalue weighted by atomic mass is 10.2. The summed E-state index contributed by atoms with van der Waals surface area (Å²) < 4.78 is 0. The fraction of sp³-hybridized carbons (Fsp3) is 0.333. The molecule has 0 aliphatic carbocycles. The van der Waals surface area contributed by atoms with Crippen molar-refractivity contribution in [2.45, 2.75) is 12.2 Å². The maximum absolute atomic E-state index is 11.8. The van der Waals surface area contributed by atoms with Crippen molar-refractivity contribution in [2.75, 3.05) is 18.6 Å². The molecule has 0 saturated heterocycles. The van der Waals surface area contributed by atoms with Crippen LogP contribution in [-0.2, 0) is 4.79 Å². The van der Waals surface area contributed by atoms with E-state index in [-0.39, 0.29) is 17.1 Å². The number of amides is 2. The van der Waals surface area contributed by atoms with Gasteiger partial charge in [0.2, 0.25) is 5.91 Å². The van der Waals surface area contributed by atoms with Crippen molar-refractivity contribution >= 4 is 40.9 Å². The highest BCUT2D eigenvalue weighted by Crippen LogP contribution is 2.24. The summed E-state index contributed by atoms with van der Waals surface area (Å²) in [5.41, 5.74) is 0.901. The number of carbonyl (C=O) groups is 2. The van der Waals surface area contributed by atoms with E-state index in [2.05, 4.69) is 10.6 Å². The van der Waals surface area contributed by atoms with Crippen molar-refractivity contribution in [1.29, 1.82) is 0 Å². The van der Waals surface area contributed by atoms with Gasteiger partial charge >= 0.3 is 0 Å². The molecule has 0 saturated carbocycles. The lowest BCUT2D eigenvalue weighted by Crippen LogP contribution is -2.23. The van der Waals surface area contributed by atoms with E-state index in [1.54, 1.807) is 32.2 Å². The van der Waals surface area contributed by atoms with Crippen molar-refractivity contribution < 1.29 is 9.59 Å². The number of hydrogen-bond donors (Lipinski definition) is 2. The van der Waals surface area contributed by atoms with Crippen molar-refractivity contribution in [3.05, 3.63) is 28.8 Å². The topological polar surface area (TPSA) is 58.2 Å². The van der Waals surface area contributed by atoms with Crippen LogP contribution in [0.2, 0.25) is 5.02 Å². The molecular weight excluding hydrogens is 272 g/mol. The summed E-state index contributed by atoms with van der Waals surface area (Å²) >= 11 is 7.42. The van der Waals surface area contributed by atoms with E-state index >= 15 is 0 Å². The van der Waals surface area contributed by atoms with Crippen molar-refractivity contribution in [2.24, 2.45) is 0 Å². The smallest absolute Gasteiger partial charge is 0.251 e. The SMILES string of the molecule is CNC(=O)c1ccc(Cl)c(NC(=O)C(C)SC)c1. The molecule has 2 amide bonds. The van der Waals surface area contributed by atoms with Gasteiger partial charge in [0.1, 0.15) is 0 Å². The van der Waals surface area contributed by atoms with Gasteiger partial charge in [-0.25, -0.2) is 0 Å². The molecule has 6 heteroatoms. The Kier molecular flexibility index (Phi) is 5.50. The zero-order chi connectivity index (χ0) is 13.7. The minimum absolute atomic E-state index is 0.140. The zero-order valence-electron chi connectivity index (χ0n) is 10.4. The maximum Gasteiger partial charge on any atom is 0.251 e. The lowest BCUT2D eigenvalue weighted by Gasteiger charge is -2.12. The molecule has 98 valence electrons. The van der Waals surface area contributed by atoms with Crippen LogP contribution in [0.25, 0.3) is 0 Å². The third kappa shape index (κ3) is 3.65. The molecule has 2 N–H and O–H groups in total. The number of anilines is 1. The molecular formula is C12H15ClN2O2S. The van der Waals surface area contributed by atoms with Crippen molar-refractivity contribution in [3.8, 4) is 0 Å². The van der Waals surface area contributed by atoms with E-state index in [9.17, 15) is 9.59 Å². The number of carbonyl (C=O) groups excluding carboxylic acids is 2. The zero-order valence-corrected chi connectivity index (χ0v) is 12.0. The average molecular weight is 287 g/mol. The van der Waals surface area contributed by atoms with E-state index in [1.807, 2.05) is 6.26 Å². The lowest BCUT2D eigenvalue weighted by molar-refractivity contribution is -0.115. The molecule has 0 aliphatic rings. The quantitative estimate of drug-likeness (QED) is 0.893. The number of hydrogen-bond acceptors (Lipinski definition) is 3. The van der Waals surface area contributed by atoms with Crippen LogP contribution in [0.5, 0.6) is 0 Å². The van der Waals surface area contributed by atoms with Gasteiger partial charge in [0.25, 0.3) is 5.91 Å². The largest absolute Gasteiger partial charge is 0.355 e. The van der Waals surface area contributed by atoms with Gasteiger partial charge in [-0.05, 0) is 31.4 Å². The second-order valence-electron chi connectivity index (χ2n) is 3.64. The Bertz CT molecular complexity index is 465. The van der Waals surface area contributed by atoms with Crippen LogP contribution in [0.1, 0.15) is 17.3 Å². The minimum Gasteiger partial charge on any atom is -0.355 e. The predicted octanol–water partition coefficient (Wildman–Crippen LogP) is 2.39. The third-order valence-electron chi connectivity index (χ3n) is 2.44. The Morgan fingerprint density at radius 2 is 2.06 bits per heavy atom. The van der Waals surface area contributed by atoms with Crippen LogP contribution < -0.4 is 10.6 Å². The summed E-state index contributed by atoms with van der Waals surface area (Å²) in [4.78, 5) is 23.2. The molecule has 18 heavy (non-hydrogen) atoms. The molecule has 0 radical (unpaired) electrons. The average Bonchev–Trinajstić information content (AvgIpc) is 2.39. The number of rotatable bonds is 4. The Labute approximate surface area is 115 Å². The molecule has 1 atom stereocenters. The molecule has 1 unspecified atom stereocenters. The van der Waals surface area contributed by atoms with Gasteiger partial charge in [-0.1, -0.05) is 11.6 Å². The highest BCUT2D eigenvalue weighted by atomic mass is 35.5. The Morgan fingerprint density at radius 1 is 1.39 bits per heavy atom. The number of nitrogens with one attached hydrogen (secondary N) is 2. The van der Waals surface area contributed by atoms with Gasteiger partial charge in [-0.2, -0.15) is 11.8 Å². The summed E-state index contributed by atoms with van der Waals surface area (Å²) in [5.74, 6) is -0.362. The van der Waals surface area contributed by atoms with Crippen LogP contribution in [0.4, 0.5) is 5.69 Å². The van der Waals surface area contributed by atoms with Crippen LogP contribution in [0.3, 0.4) is 0 Å². The summed E-state index contributed by atoms with van der Waals surface area (Å²) in [6.07, 6.45) is 1.85. The molecule has 1 rings (SSSR count). The third-order valence-corrected chi connectivity index (χ3v) is 3.69. The van der Waals surface area contributed by atoms with E-state index in [4.69, 9.17) is 11.6 Å². The fourth-order valence-electron chi connectivity index (χ4n) is 1.25. The molecule has 4 nitrogen and oxygen atoms in total. The van der Waals surface area contributed by atoms with E-state index in [0.717, 1.165) is 0 Å². The molecule has 1 aromatic carbocycles. The van der Waals surface area contributed by atoms with Crippen LogP contribution >= 0.6 is 23.4 Å². The Hall–Kier alpha value is -1.20. The summed E-state index contributed by atoms with van der Waals surface area (Å²) in [6, 6.07) is 4.76. The number of thioether (sulfide) groups is 1. The first-order valence-electron chi connectivity index (χ1n) is 5.35. The fourth-order valence-corrected chi connectivity index (χ4v) is 1.69. The monoisotopic (exact) mass is 286 g/mol. The highest BCUT2D eigenvalue weighted by molar-refractivity contribution is 7.99. The van der Waals surface area contributed by atoms with Crippen molar-refractivity contribution in [3.63, 3.8) is 0 Å². The maximum atomic E-state index is 11.8. The van der Waals surface area contributed by atoms with Gasteiger partial charge in [0.15, 0.2) is 0 Å². The molecule has 0 bridgehead atoms. The molecule has 0 aromatic heterocycles. The van der Waals surface area contributed by atoms with Crippen LogP contribution in [0, 0.1) is 0 Å². The second kappa shape index (κ2) is 6.66. The molecule has 0 fully saturated rings. The highest BCUT2D eigenvalue weighted by Gasteiger charge is 2.14. The molecule has 0 heterocycles. The first kappa shape index (κ1) is 14.9. The minimum atomic E-state index is -0.222. The first-order chi connectivity index (χ1) is 8.49. The number of benzene rings is 1. The number of halogens is 1. The first-order valence-corrected chi connectivity index (χ1v) is 7.01. The van der Waals surface area contributed by atoms with Crippen LogP contribution in [0.15, 0.2) is 18.2 Å². The van der Waals surface area contributed by atoms with Gasteiger partial charge in [0.05, 0.1) is 16.0 Å². The Balaban J connectivity index is 2.94. The van der Waals surface area contributed by atoms with E-state index in [0.29, 0.717) is 16.3 Å². The molecule has 0 aliphatic heterocycles. The molecule has 1 aromatic rings. The second-order valence-corrected chi connectivity index (χ2v) is 5.23. The van der Waals surface area contributed by atoms with E-state index < -0.39 is 0 Å².